The van der Waals surface area contributed by atoms with Gasteiger partial charge in [0.25, 0.3) is 0 Å². The SMILES string of the molecule is CC1(CNc2ccnc3cc(F)ccc23)CCCCC1O. The number of anilines is 1. The Balaban J connectivity index is 1.82. The monoisotopic (exact) mass is 288 g/mol. The van der Waals surface area contributed by atoms with Crippen molar-refractivity contribution in [3.05, 3.63) is 36.3 Å². The summed E-state index contributed by atoms with van der Waals surface area (Å²) in [6.45, 7) is 2.84. The normalized spacial score (nSPS) is 26.0. The summed E-state index contributed by atoms with van der Waals surface area (Å²) >= 11 is 0. The number of nitrogens with zero attached hydrogens (tertiary/aromatic N) is 1. The second-order valence-electron chi connectivity index (χ2n) is 6.29. The van der Waals surface area contributed by atoms with Crippen LogP contribution in [0.2, 0.25) is 0 Å². The zero-order chi connectivity index (χ0) is 14.9. The fraction of sp³-hybridized carbons (Fsp3) is 0.471. The lowest BCUT2D eigenvalue weighted by molar-refractivity contribution is 0.00964. The van der Waals surface area contributed by atoms with Crippen LogP contribution in [-0.2, 0) is 0 Å². The second-order valence-corrected chi connectivity index (χ2v) is 6.29. The van der Waals surface area contributed by atoms with Gasteiger partial charge in [0, 0.05) is 35.3 Å². The molecule has 1 aromatic heterocycles. The summed E-state index contributed by atoms with van der Waals surface area (Å²) in [6.07, 6.45) is 5.60. The van der Waals surface area contributed by atoms with Crippen molar-refractivity contribution < 1.29 is 9.50 Å². The van der Waals surface area contributed by atoms with Crippen LogP contribution >= 0.6 is 0 Å². The molecular formula is C17H21FN2O. The highest BCUT2D eigenvalue weighted by Gasteiger charge is 2.35. The first-order chi connectivity index (χ1) is 10.1. The summed E-state index contributed by atoms with van der Waals surface area (Å²) in [5, 5.41) is 14.6. The molecule has 1 saturated carbocycles. The van der Waals surface area contributed by atoms with Gasteiger partial charge in [-0.25, -0.2) is 4.39 Å². The van der Waals surface area contributed by atoms with E-state index in [1.165, 1.54) is 12.1 Å². The van der Waals surface area contributed by atoms with Gasteiger partial charge in [-0.2, -0.15) is 0 Å². The fourth-order valence-corrected chi connectivity index (χ4v) is 3.16. The zero-order valence-electron chi connectivity index (χ0n) is 12.3. The standard InChI is InChI=1S/C17H21FN2O/c1-17(8-3-2-4-16(17)21)11-20-14-7-9-19-15-10-12(18)5-6-13(14)15/h5-7,9-10,16,21H,2-4,8,11H2,1H3,(H,19,20). The third-order valence-corrected chi connectivity index (χ3v) is 4.67. The first kappa shape index (κ1) is 14.3. The van der Waals surface area contributed by atoms with E-state index in [0.717, 1.165) is 36.8 Å². The molecule has 3 nitrogen and oxygen atoms in total. The van der Waals surface area contributed by atoms with Gasteiger partial charge in [-0.1, -0.05) is 19.8 Å². The highest BCUT2D eigenvalue weighted by atomic mass is 19.1. The Morgan fingerprint density at radius 2 is 2.24 bits per heavy atom. The molecular weight excluding hydrogens is 267 g/mol. The van der Waals surface area contributed by atoms with E-state index in [0.29, 0.717) is 12.1 Å². The maximum Gasteiger partial charge on any atom is 0.125 e. The number of aliphatic hydroxyl groups excluding tert-OH is 1. The van der Waals surface area contributed by atoms with E-state index in [9.17, 15) is 9.50 Å². The molecule has 1 aliphatic rings. The van der Waals surface area contributed by atoms with Crippen molar-refractivity contribution in [2.24, 2.45) is 5.41 Å². The van der Waals surface area contributed by atoms with Crippen molar-refractivity contribution in [2.45, 2.75) is 38.7 Å². The Morgan fingerprint density at radius 3 is 3.05 bits per heavy atom. The molecule has 1 heterocycles. The van der Waals surface area contributed by atoms with Crippen LogP contribution in [0.3, 0.4) is 0 Å². The van der Waals surface area contributed by atoms with Crippen LogP contribution in [0.1, 0.15) is 32.6 Å². The Hall–Kier alpha value is -1.68. The van der Waals surface area contributed by atoms with Gasteiger partial charge in [-0.15, -0.1) is 0 Å². The zero-order valence-corrected chi connectivity index (χ0v) is 12.3. The molecule has 0 bridgehead atoms. The minimum absolute atomic E-state index is 0.103. The van der Waals surface area contributed by atoms with E-state index in [-0.39, 0.29) is 17.3 Å². The maximum absolute atomic E-state index is 13.3. The van der Waals surface area contributed by atoms with Gasteiger partial charge in [0.1, 0.15) is 5.82 Å². The molecule has 112 valence electrons. The van der Waals surface area contributed by atoms with Crippen LogP contribution in [0.15, 0.2) is 30.5 Å². The fourth-order valence-electron chi connectivity index (χ4n) is 3.16. The van der Waals surface area contributed by atoms with E-state index < -0.39 is 0 Å². The van der Waals surface area contributed by atoms with Gasteiger partial charge >= 0.3 is 0 Å². The number of halogens is 1. The van der Waals surface area contributed by atoms with Crippen molar-refractivity contribution >= 4 is 16.6 Å². The molecule has 0 aliphatic heterocycles. The Labute approximate surface area is 124 Å². The number of benzene rings is 1. The number of rotatable bonds is 3. The Kier molecular flexibility index (Phi) is 3.81. The Morgan fingerprint density at radius 1 is 1.38 bits per heavy atom. The highest BCUT2D eigenvalue weighted by molar-refractivity contribution is 5.90. The van der Waals surface area contributed by atoms with Crippen LogP contribution < -0.4 is 5.32 Å². The number of nitrogens with one attached hydrogen (secondary N) is 1. The lowest BCUT2D eigenvalue weighted by atomic mass is 9.73. The van der Waals surface area contributed by atoms with Gasteiger partial charge < -0.3 is 10.4 Å². The summed E-state index contributed by atoms with van der Waals surface area (Å²) in [7, 11) is 0. The van der Waals surface area contributed by atoms with E-state index >= 15 is 0 Å². The number of hydrogen-bond acceptors (Lipinski definition) is 3. The number of fused-ring (bicyclic) bond motifs is 1. The molecule has 1 aromatic carbocycles. The first-order valence-electron chi connectivity index (χ1n) is 7.55. The van der Waals surface area contributed by atoms with Crippen LogP contribution in [0.25, 0.3) is 10.9 Å². The number of hydrogen-bond donors (Lipinski definition) is 2. The number of aromatic nitrogens is 1. The van der Waals surface area contributed by atoms with Crippen molar-refractivity contribution in [3.8, 4) is 0 Å². The molecule has 2 aromatic rings. The van der Waals surface area contributed by atoms with Crippen LogP contribution in [0, 0.1) is 11.2 Å². The molecule has 0 radical (unpaired) electrons. The summed E-state index contributed by atoms with van der Waals surface area (Å²) in [4.78, 5) is 4.20. The largest absolute Gasteiger partial charge is 0.392 e. The predicted molar refractivity (Wildman–Crippen MR) is 82.8 cm³/mol. The van der Waals surface area contributed by atoms with Crippen molar-refractivity contribution in [3.63, 3.8) is 0 Å². The second kappa shape index (κ2) is 5.60. The average molecular weight is 288 g/mol. The number of aliphatic hydroxyl groups is 1. The van der Waals surface area contributed by atoms with Gasteiger partial charge in [0.2, 0.25) is 0 Å². The Bertz CT molecular complexity index is 646. The summed E-state index contributed by atoms with van der Waals surface area (Å²) < 4.78 is 13.3. The average Bonchev–Trinajstić information content (AvgIpc) is 2.48. The predicted octanol–water partition coefficient (Wildman–Crippen LogP) is 3.73. The van der Waals surface area contributed by atoms with Gasteiger partial charge in [-0.3, -0.25) is 4.98 Å². The van der Waals surface area contributed by atoms with E-state index in [2.05, 4.69) is 17.2 Å². The third-order valence-electron chi connectivity index (χ3n) is 4.67. The minimum atomic E-state index is -0.276. The van der Waals surface area contributed by atoms with E-state index in [4.69, 9.17) is 0 Å². The molecule has 4 heteroatoms. The molecule has 0 spiro atoms. The summed E-state index contributed by atoms with van der Waals surface area (Å²) in [6, 6.07) is 6.54. The molecule has 21 heavy (non-hydrogen) atoms. The van der Waals surface area contributed by atoms with Crippen LogP contribution in [0.4, 0.5) is 10.1 Å². The minimum Gasteiger partial charge on any atom is -0.392 e. The van der Waals surface area contributed by atoms with Gasteiger partial charge in [0.15, 0.2) is 0 Å². The molecule has 0 saturated heterocycles. The van der Waals surface area contributed by atoms with E-state index in [1.54, 1.807) is 12.3 Å². The van der Waals surface area contributed by atoms with Crippen molar-refractivity contribution in [1.82, 2.24) is 4.98 Å². The summed E-state index contributed by atoms with van der Waals surface area (Å²) in [5.74, 6) is -0.276. The molecule has 1 aliphatic carbocycles. The van der Waals surface area contributed by atoms with Crippen LogP contribution in [-0.4, -0.2) is 22.7 Å². The quantitative estimate of drug-likeness (QED) is 0.904. The van der Waals surface area contributed by atoms with Crippen molar-refractivity contribution in [2.75, 3.05) is 11.9 Å². The maximum atomic E-state index is 13.3. The summed E-state index contributed by atoms with van der Waals surface area (Å²) in [5.41, 5.74) is 1.49. The van der Waals surface area contributed by atoms with Crippen molar-refractivity contribution in [1.29, 1.82) is 0 Å². The first-order valence-corrected chi connectivity index (χ1v) is 7.55. The molecule has 0 amide bonds. The molecule has 2 N–H and O–H groups in total. The molecule has 2 unspecified atom stereocenters. The smallest absolute Gasteiger partial charge is 0.125 e. The number of pyridine rings is 1. The lowest BCUT2D eigenvalue weighted by Gasteiger charge is -2.38. The van der Waals surface area contributed by atoms with Gasteiger partial charge in [-0.05, 0) is 31.0 Å². The lowest BCUT2D eigenvalue weighted by Crippen LogP contribution is -2.41. The van der Waals surface area contributed by atoms with Crippen LogP contribution in [0.5, 0.6) is 0 Å². The molecule has 1 fully saturated rings. The molecule has 2 atom stereocenters. The molecule has 3 rings (SSSR count). The van der Waals surface area contributed by atoms with Gasteiger partial charge in [0.05, 0.1) is 11.6 Å². The third kappa shape index (κ3) is 2.86. The van der Waals surface area contributed by atoms with E-state index in [1.807, 2.05) is 6.07 Å². The highest BCUT2D eigenvalue weighted by Crippen LogP contribution is 2.36. The topological polar surface area (TPSA) is 45.2 Å².